The smallest absolute Gasteiger partial charge is 0.408 e. The number of esters is 1. The first-order chi connectivity index (χ1) is 14.2. The van der Waals surface area contributed by atoms with Gasteiger partial charge in [0.1, 0.15) is 17.8 Å². The van der Waals surface area contributed by atoms with Crippen LogP contribution in [-0.2, 0) is 27.1 Å². The molecule has 0 saturated carbocycles. The lowest BCUT2D eigenvalue weighted by Crippen LogP contribution is -2.50. The van der Waals surface area contributed by atoms with Gasteiger partial charge in [0.05, 0.1) is 12.0 Å². The molecule has 1 aliphatic rings. The third-order valence-electron chi connectivity index (χ3n) is 5.00. The van der Waals surface area contributed by atoms with Crippen molar-refractivity contribution >= 4 is 12.1 Å². The average molecular weight is 411 g/mol. The summed E-state index contributed by atoms with van der Waals surface area (Å²) in [5.41, 5.74) is 1.23. The summed E-state index contributed by atoms with van der Waals surface area (Å²) in [6.45, 7) is 5.33. The minimum absolute atomic E-state index is 0.377. The molecule has 30 heavy (non-hydrogen) atoms. The van der Waals surface area contributed by atoms with E-state index in [-0.39, 0.29) is 0 Å². The summed E-state index contributed by atoms with van der Waals surface area (Å²) in [5, 5.41) is 13.7. The summed E-state index contributed by atoms with van der Waals surface area (Å²) in [5.74, 6) is -1.14. The highest BCUT2D eigenvalue weighted by Gasteiger charge is 2.47. The number of carbonyl (C=O) groups is 2. The van der Waals surface area contributed by atoms with E-state index in [1.54, 1.807) is 20.8 Å². The molecule has 2 aromatic carbocycles. The van der Waals surface area contributed by atoms with Crippen LogP contribution in [-0.4, -0.2) is 41.0 Å². The minimum Gasteiger partial charge on any atom is -0.457 e. The molecule has 1 saturated heterocycles. The monoisotopic (exact) mass is 411 g/mol. The molecule has 1 amide bonds. The Labute approximate surface area is 177 Å². The molecule has 0 aliphatic carbocycles. The number of carbonyl (C=O) groups excluding carboxylic acids is 2. The van der Waals surface area contributed by atoms with Crippen molar-refractivity contribution in [1.82, 2.24) is 5.32 Å². The van der Waals surface area contributed by atoms with Crippen LogP contribution in [0.2, 0.25) is 0 Å². The third kappa shape index (κ3) is 5.83. The number of alkyl carbamates (subject to hydrolysis) is 1. The van der Waals surface area contributed by atoms with Crippen LogP contribution in [0.25, 0.3) is 0 Å². The van der Waals surface area contributed by atoms with Crippen molar-refractivity contribution in [3.05, 3.63) is 71.8 Å². The summed E-state index contributed by atoms with van der Waals surface area (Å²) < 4.78 is 10.9. The van der Waals surface area contributed by atoms with E-state index in [1.807, 2.05) is 60.7 Å². The van der Waals surface area contributed by atoms with Crippen LogP contribution >= 0.6 is 0 Å². The molecular weight excluding hydrogens is 382 g/mol. The molecule has 0 bridgehead atoms. The molecule has 1 fully saturated rings. The van der Waals surface area contributed by atoms with Crippen molar-refractivity contribution in [3.63, 3.8) is 0 Å². The zero-order valence-electron chi connectivity index (χ0n) is 17.6. The molecule has 6 nitrogen and oxygen atoms in total. The Balaban J connectivity index is 1.77. The predicted octanol–water partition coefficient (Wildman–Crippen LogP) is 3.27. The summed E-state index contributed by atoms with van der Waals surface area (Å²) >= 11 is 0. The van der Waals surface area contributed by atoms with Gasteiger partial charge in [-0.15, -0.1) is 0 Å². The van der Waals surface area contributed by atoms with Crippen LogP contribution in [0.3, 0.4) is 0 Å². The highest BCUT2D eigenvalue weighted by Crippen LogP contribution is 2.29. The molecule has 1 heterocycles. The van der Waals surface area contributed by atoms with Gasteiger partial charge in [-0.1, -0.05) is 60.7 Å². The number of amides is 1. The Kier molecular flexibility index (Phi) is 6.77. The number of hydrogen-bond donors (Lipinski definition) is 2. The van der Waals surface area contributed by atoms with Crippen molar-refractivity contribution in [2.45, 2.75) is 57.5 Å². The lowest BCUT2D eigenvalue weighted by molar-refractivity contribution is -0.145. The van der Waals surface area contributed by atoms with E-state index < -0.39 is 41.8 Å². The van der Waals surface area contributed by atoms with E-state index in [0.717, 1.165) is 11.1 Å². The van der Waals surface area contributed by atoms with Gasteiger partial charge in [-0.2, -0.15) is 0 Å². The molecule has 0 spiro atoms. The van der Waals surface area contributed by atoms with Gasteiger partial charge in [0.2, 0.25) is 0 Å². The molecule has 6 heteroatoms. The van der Waals surface area contributed by atoms with E-state index in [1.165, 1.54) is 0 Å². The molecule has 2 aromatic rings. The second-order valence-corrected chi connectivity index (χ2v) is 8.63. The van der Waals surface area contributed by atoms with E-state index >= 15 is 0 Å². The fraction of sp³-hybridized carbons (Fsp3) is 0.417. The molecule has 0 aromatic heterocycles. The van der Waals surface area contributed by atoms with Gasteiger partial charge in [0.15, 0.2) is 0 Å². The average Bonchev–Trinajstić information content (AvgIpc) is 2.96. The number of rotatable bonds is 6. The van der Waals surface area contributed by atoms with E-state index in [9.17, 15) is 14.7 Å². The van der Waals surface area contributed by atoms with Crippen LogP contribution in [0.15, 0.2) is 60.7 Å². The third-order valence-corrected chi connectivity index (χ3v) is 5.00. The minimum atomic E-state index is -1.04. The van der Waals surface area contributed by atoms with Crippen LogP contribution in [0.5, 0.6) is 0 Å². The number of hydrogen-bond acceptors (Lipinski definition) is 5. The number of ether oxygens (including phenoxy) is 2. The lowest BCUT2D eigenvalue weighted by Gasteiger charge is -2.28. The fourth-order valence-electron chi connectivity index (χ4n) is 3.63. The van der Waals surface area contributed by atoms with Gasteiger partial charge in [0.25, 0.3) is 0 Å². The first-order valence-corrected chi connectivity index (χ1v) is 10.2. The SMILES string of the molecule is CC(C)(C)OC(=O)N[C@@H](Cc1ccccc1)[C@@H]1OC(=O)[C@@H](Cc2ccccc2)[C@@H]1O. The van der Waals surface area contributed by atoms with E-state index in [0.29, 0.717) is 12.8 Å². The van der Waals surface area contributed by atoms with Gasteiger partial charge in [0, 0.05) is 0 Å². The maximum Gasteiger partial charge on any atom is 0.408 e. The Morgan fingerprint density at radius 1 is 1.07 bits per heavy atom. The van der Waals surface area contributed by atoms with E-state index in [4.69, 9.17) is 9.47 Å². The van der Waals surface area contributed by atoms with Gasteiger partial charge >= 0.3 is 12.1 Å². The van der Waals surface area contributed by atoms with E-state index in [2.05, 4.69) is 5.32 Å². The highest BCUT2D eigenvalue weighted by atomic mass is 16.6. The van der Waals surface area contributed by atoms with Crippen LogP contribution in [0.1, 0.15) is 31.9 Å². The molecular formula is C24H29NO5. The molecule has 0 unspecified atom stereocenters. The van der Waals surface area contributed by atoms with Gasteiger partial charge in [-0.05, 0) is 44.7 Å². The molecule has 2 N–H and O–H groups in total. The second kappa shape index (κ2) is 9.30. The Morgan fingerprint density at radius 2 is 1.63 bits per heavy atom. The van der Waals surface area contributed by atoms with Crippen LogP contribution in [0.4, 0.5) is 4.79 Å². The maximum atomic E-state index is 12.5. The Morgan fingerprint density at radius 3 is 2.20 bits per heavy atom. The molecule has 0 radical (unpaired) electrons. The number of aliphatic hydroxyl groups excluding tert-OH is 1. The van der Waals surface area contributed by atoms with Crippen LogP contribution < -0.4 is 5.32 Å². The fourth-order valence-corrected chi connectivity index (χ4v) is 3.63. The maximum absolute atomic E-state index is 12.5. The van der Waals surface area contributed by atoms with Crippen molar-refractivity contribution in [3.8, 4) is 0 Å². The number of aliphatic hydroxyl groups is 1. The normalized spacial score (nSPS) is 22.3. The lowest BCUT2D eigenvalue weighted by atomic mass is 9.89. The van der Waals surface area contributed by atoms with Crippen molar-refractivity contribution in [1.29, 1.82) is 0 Å². The molecule has 3 rings (SSSR count). The number of benzene rings is 2. The Hall–Kier alpha value is -2.86. The summed E-state index contributed by atoms with van der Waals surface area (Å²) in [4.78, 5) is 25.0. The zero-order valence-corrected chi connectivity index (χ0v) is 17.6. The van der Waals surface area contributed by atoms with Gasteiger partial charge in [-0.25, -0.2) is 4.79 Å². The predicted molar refractivity (Wildman–Crippen MR) is 113 cm³/mol. The second-order valence-electron chi connectivity index (χ2n) is 8.63. The molecule has 1 aliphatic heterocycles. The summed E-state index contributed by atoms with van der Waals surface area (Å²) in [7, 11) is 0. The highest BCUT2D eigenvalue weighted by molar-refractivity contribution is 5.76. The van der Waals surface area contributed by atoms with Crippen molar-refractivity contribution < 1.29 is 24.2 Å². The topological polar surface area (TPSA) is 84.9 Å². The van der Waals surface area contributed by atoms with Crippen LogP contribution in [0, 0.1) is 5.92 Å². The largest absolute Gasteiger partial charge is 0.457 e. The first-order valence-electron chi connectivity index (χ1n) is 10.2. The number of cyclic esters (lactones) is 1. The first kappa shape index (κ1) is 21.8. The standard InChI is InChI=1S/C24H29NO5/c1-24(2,3)30-23(28)25-19(15-17-12-8-5-9-13-17)21-20(26)18(22(27)29-21)14-16-10-6-4-7-11-16/h4-13,18-21,26H,14-15H2,1-3H3,(H,25,28)/t18-,19-,20-,21-/m0/s1. The summed E-state index contributed by atoms with van der Waals surface area (Å²) in [6, 6.07) is 18.4. The zero-order chi connectivity index (χ0) is 21.7. The van der Waals surface area contributed by atoms with Gasteiger partial charge < -0.3 is 19.9 Å². The van der Waals surface area contributed by atoms with Crippen molar-refractivity contribution in [2.24, 2.45) is 5.92 Å². The Bertz CT molecular complexity index is 847. The van der Waals surface area contributed by atoms with Gasteiger partial charge in [-0.3, -0.25) is 4.79 Å². The summed E-state index contributed by atoms with van der Waals surface area (Å²) in [6.07, 6.45) is -1.74. The molecule has 160 valence electrons. The molecule has 4 atom stereocenters. The van der Waals surface area contributed by atoms with Crippen molar-refractivity contribution in [2.75, 3.05) is 0 Å². The number of nitrogens with one attached hydrogen (secondary N) is 1. The quantitative estimate of drug-likeness (QED) is 0.713.